The van der Waals surface area contributed by atoms with Crippen molar-refractivity contribution in [3.8, 4) is 5.75 Å². The van der Waals surface area contributed by atoms with Crippen molar-refractivity contribution in [2.75, 3.05) is 0 Å². The summed E-state index contributed by atoms with van der Waals surface area (Å²) >= 11 is 0. The Bertz CT molecular complexity index is 361. The average molecular weight is 195 g/mol. The molecule has 0 aromatic heterocycles. The van der Waals surface area contributed by atoms with E-state index in [9.17, 15) is 4.39 Å². The van der Waals surface area contributed by atoms with E-state index in [0.29, 0.717) is 0 Å². The van der Waals surface area contributed by atoms with Gasteiger partial charge in [-0.2, -0.15) is 0 Å². The first kappa shape index (κ1) is 8.99. The highest BCUT2D eigenvalue weighted by Crippen LogP contribution is 2.29. The van der Waals surface area contributed by atoms with Gasteiger partial charge in [0.2, 0.25) is 0 Å². The Kier molecular flexibility index (Phi) is 2.35. The summed E-state index contributed by atoms with van der Waals surface area (Å²) in [5, 5.41) is 11.1. The van der Waals surface area contributed by atoms with E-state index in [1.165, 1.54) is 6.07 Å². The highest BCUT2D eigenvalue weighted by Gasteiger charge is 2.25. The maximum absolute atomic E-state index is 13.5. The zero-order valence-corrected chi connectivity index (χ0v) is 7.48. The van der Waals surface area contributed by atoms with Crippen LogP contribution in [-0.4, -0.2) is 17.5 Å². The van der Waals surface area contributed by atoms with Gasteiger partial charge >= 0.3 is 0 Å². The fourth-order valence-corrected chi connectivity index (χ4v) is 1.15. The molecule has 0 amide bonds. The van der Waals surface area contributed by atoms with Crippen LogP contribution in [0.4, 0.5) is 4.39 Å². The van der Waals surface area contributed by atoms with Crippen LogP contribution in [0.2, 0.25) is 0 Å². The molecule has 1 aliphatic carbocycles. The minimum atomic E-state index is -0.475. The van der Waals surface area contributed by atoms with Crippen LogP contribution in [0.5, 0.6) is 5.75 Å². The second-order valence-corrected chi connectivity index (χ2v) is 3.22. The highest BCUT2D eigenvalue weighted by molar-refractivity contribution is 5.80. The number of nitrogens with zero attached hydrogens (tertiary/aromatic N) is 1. The SMILES string of the molecule is O/N=C\c1cccc(OC2CC2)c1F. The van der Waals surface area contributed by atoms with Crippen LogP contribution >= 0.6 is 0 Å². The molecule has 1 saturated carbocycles. The van der Waals surface area contributed by atoms with Gasteiger partial charge < -0.3 is 9.94 Å². The molecule has 1 N–H and O–H groups in total. The lowest BCUT2D eigenvalue weighted by Gasteiger charge is -2.06. The number of oxime groups is 1. The molecule has 1 aromatic rings. The molecule has 0 aliphatic heterocycles. The van der Waals surface area contributed by atoms with Gasteiger partial charge in [0.25, 0.3) is 0 Å². The van der Waals surface area contributed by atoms with Crippen molar-refractivity contribution in [3.05, 3.63) is 29.6 Å². The van der Waals surface area contributed by atoms with Crippen LogP contribution < -0.4 is 4.74 Å². The summed E-state index contributed by atoms with van der Waals surface area (Å²) in [4.78, 5) is 0. The molecule has 0 atom stereocenters. The first-order valence-corrected chi connectivity index (χ1v) is 4.44. The standard InChI is InChI=1S/C10H10FNO2/c11-10-7(6-12-13)2-1-3-9(10)14-8-4-5-8/h1-3,6,8,13H,4-5H2/b12-6-. The minimum absolute atomic E-state index is 0.158. The fraction of sp³-hybridized carbons (Fsp3) is 0.300. The van der Waals surface area contributed by atoms with Gasteiger partial charge in [-0.15, -0.1) is 0 Å². The Labute approximate surface area is 80.8 Å². The topological polar surface area (TPSA) is 41.8 Å². The van der Waals surface area contributed by atoms with Crippen molar-refractivity contribution in [1.82, 2.24) is 0 Å². The summed E-state index contributed by atoms with van der Waals surface area (Å²) < 4.78 is 18.8. The van der Waals surface area contributed by atoms with Gasteiger partial charge in [-0.05, 0) is 18.9 Å². The molecule has 1 aliphatic rings. The largest absolute Gasteiger partial charge is 0.487 e. The average Bonchev–Trinajstić information content (AvgIpc) is 2.96. The van der Waals surface area contributed by atoms with Crippen molar-refractivity contribution in [1.29, 1.82) is 0 Å². The second kappa shape index (κ2) is 3.65. The van der Waals surface area contributed by atoms with E-state index < -0.39 is 5.82 Å². The maximum atomic E-state index is 13.5. The normalized spacial score (nSPS) is 16.1. The molecule has 14 heavy (non-hydrogen) atoms. The Morgan fingerprint density at radius 3 is 2.93 bits per heavy atom. The second-order valence-electron chi connectivity index (χ2n) is 3.22. The fourth-order valence-electron chi connectivity index (χ4n) is 1.15. The minimum Gasteiger partial charge on any atom is -0.487 e. The predicted octanol–water partition coefficient (Wildman–Crippen LogP) is 2.17. The molecule has 0 radical (unpaired) electrons. The van der Waals surface area contributed by atoms with Gasteiger partial charge in [-0.1, -0.05) is 17.3 Å². The Morgan fingerprint density at radius 2 is 2.29 bits per heavy atom. The third-order valence-corrected chi connectivity index (χ3v) is 2.01. The smallest absolute Gasteiger partial charge is 0.173 e. The molecule has 2 rings (SSSR count). The first-order chi connectivity index (χ1) is 6.81. The Balaban J connectivity index is 2.25. The van der Waals surface area contributed by atoms with Gasteiger partial charge in [-0.3, -0.25) is 0 Å². The van der Waals surface area contributed by atoms with Crippen molar-refractivity contribution in [2.45, 2.75) is 18.9 Å². The van der Waals surface area contributed by atoms with E-state index in [1.807, 2.05) is 0 Å². The molecule has 4 heteroatoms. The van der Waals surface area contributed by atoms with Crippen molar-refractivity contribution >= 4 is 6.21 Å². The van der Waals surface area contributed by atoms with Crippen LogP contribution in [0.1, 0.15) is 18.4 Å². The molecule has 1 fully saturated rings. The van der Waals surface area contributed by atoms with E-state index in [1.54, 1.807) is 12.1 Å². The first-order valence-electron chi connectivity index (χ1n) is 4.44. The lowest BCUT2D eigenvalue weighted by Crippen LogP contribution is -2.00. The molecule has 0 bridgehead atoms. The molecule has 0 spiro atoms. The summed E-state index contributed by atoms with van der Waals surface area (Å²) in [7, 11) is 0. The summed E-state index contributed by atoms with van der Waals surface area (Å²) in [6.07, 6.45) is 3.18. The lowest BCUT2D eigenvalue weighted by molar-refractivity contribution is 0.287. The van der Waals surface area contributed by atoms with E-state index in [4.69, 9.17) is 9.94 Å². The molecule has 0 unspecified atom stereocenters. The summed E-state index contributed by atoms with van der Waals surface area (Å²) in [5.41, 5.74) is 0.227. The maximum Gasteiger partial charge on any atom is 0.173 e. The van der Waals surface area contributed by atoms with Crippen LogP contribution in [0.3, 0.4) is 0 Å². The number of halogens is 1. The van der Waals surface area contributed by atoms with Gasteiger partial charge in [0.05, 0.1) is 12.3 Å². The van der Waals surface area contributed by atoms with Crippen LogP contribution in [0, 0.1) is 5.82 Å². The van der Waals surface area contributed by atoms with E-state index >= 15 is 0 Å². The quantitative estimate of drug-likeness (QED) is 0.456. The highest BCUT2D eigenvalue weighted by atomic mass is 19.1. The monoisotopic (exact) mass is 195 g/mol. The van der Waals surface area contributed by atoms with Gasteiger partial charge in [0, 0.05) is 5.56 Å². The number of hydrogen-bond acceptors (Lipinski definition) is 3. The van der Waals surface area contributed by atoms with Gasteiger partial charge in [0.1, 0.15) is 0 Å². The number of benzene rings is 1. The third-order valence-electron chi connectivity index (χ3n) is 2.01. The molecule has 1 aromatic carbocycles. The Hall–Kier alpha value is -1.58. The molecule has 0 heterocycles. The molecule has 0 saturated heterocycles. The lowest BCUT2D eigenvalue weighted by atomic mass is 10.2. The molecule has 3 nitrogen and oxygen atoms in total. The third kappa shape index (κ3) is 1.84. The van der Waals surface area contributed by atoms with Crippen molar-refractivity contribution in [2.24, 2.45) is 5.16 Å². The van der Waals surface area contributed by atoms with E-state index in [0.717, 1.165) is 19.1 Å². The molecule has 74 valence electrons. The van der Waals surface area contributed by atoms with Gasteiger partial charge in [0.15, 0.2) is 11.6 Å². The summed E-state index contributed by atoms with van der Waals surface area (Å²) in [6, 6.07) is 4.76. The number of rotatable bonds is 3. The van der Waals surface area contributed by atoms with Crippen molar-refractivity contribution in [3.63, 3.8) is 0 Å². The van der Waals surface area contributed by atoms with Crippen LogP contribution in [-0.2, 0) is 0 Å². The van der Waals surface area contributed by atoms with Crippen LogP contribution in [0.15, 0.2) is 23.4 Å². The Morgan fingerprint density at radius 1 is 1.50 bits per heavy atom. The predicted molar refractivity (Wildman–Crippen MR) is 49.4 cm³/mol. The summed E-state index contributed by atoms with van der Waals surface area (Å²) in [5.74, 6) is -0.248. The van der Waals surface area contributed by atoms with E-state index in [-0.39, 0.29) is 17.4 Å². The zero-order chi connectivity index (χ0) is 9.97. The molecular weight excluding hydrogens is 185 g/mol. The zero-order valence-electron chi connectivity index (χ0n) is 7.48. The van der Waals surface area contributed by atoms with Gasteiger partial charge in [-0.25, -0.2) is 4.39 Å². The van der Waals surface area contributed by atoms with E-state index in [2.05, 4.69) is 5.16 Å². The van der Waals surface area contributed by atoms with Crippen LogP contribution in [0.25, 0.3) is 0 Å². The number of hydrogen-bond donors (Lipinski definition) is 1. The summed E-state index contributed by atoms with van der Waals surface area (Å²) in [6.45, 7) is 0. The number of ether oxygens (including phenoxy) is 1. The van der Waals surface area contributed by atoms with Crippen molar-refractivity contribution < 1.29 is 14.3 Å². The molecular formula is C10H10FNO2.